The van der Waals surface area contributed by atoms with Crippen molar-refractivity contribution in [2.45, 2.75) is 38.4 Å². The van der Waals surface area contributed by atoms with Crippen LogP contribution in [0.5, 0.6) is 5.75 Å². The van der Waals surface area contributed by atoms with E-state index in [2.05, 4.69) is 10.1 Å². The van der Waals surface area contributed by atoms with Gasteiger partial charge >= 0.3 is 0 Å². The van der Waals surface area contributed by atoms with Crippen LogP contribution in [0.25, 0.3) is 0 Å². The van der Waals surface area contributed by atoms with Gasteiger partial charge in [-0.15, -0.1) is 0 Å². The van der Waals surface area contributed by atoms with Crippen molar-refractivity contribution in [3.8, 4) is 5.75 Å². The fraction of sp³-hybridized carbons (Fsp3) is 0.429. The molecule has 1 aliphatic rings. The number of aliphatic hydroxyl groups is 1. The van der Waals surface area contributed by atoms with Crippen molar-refractivity contribution in [2.75, 3.05) is 0 Å². The molecule has 1 fully saturated rings. The van der Waals surface area contributed by atoms with Crippen molar-refractivity contribution in [3.05, 3.63) is 40.5 Å². The van der Waals surface area contributed by atoms with Crippen LogP contribution in [0, 0.1) is 0 Å². The first kappa shape index (κ1) is 13.4. The first-order valence-electron chi connectivity index (χ1n) is 6.56. The first-order chi connectivity index (χ1) is 9.63. The SMILES string of the molecule is C[C@H](O)c1ccc(OCc2nc(C3CC3)no2)c(Cl)c1. The predicted molar refractivity (Wildman–Crippen MR) is 72.7 cm³/mol. The summed E-state index contributed by atoms with van der Waals surface area (Å²) in [5.74, 6) is 2.20. The zero-order chi connectivity index (χ0) is 14.1. The molecule has 0 unspecified atom stereocenters. The lowest BCUT2D eigenvalue weighted by Gasteiger charge is -2.09. The van der Waals surface area contributed by atoms with Crippen LogP contribution in [0.1, 0.15) is 49.1 Å². The highest BCUT2D eigenvalue weighted by Crippen LogP contribution is 2.38. The summed E-state index contributed by atoms with van der Waals surface area (Å²) >= 11 is 6.10. The third-order valence-corrected chi connectivity index (χ3v) is 3.51. The molecule has 0 amide bonds. The summed E-state index contributed by atoms with van der Waals surface area (Å²) in [6.45, 7) is 1.87. The van der Waals surface area contributed by atoms with E-state index >= 15 is 0 Å². The van der Waals surface area contributed by atoms with Gasteiger partial charge in [0.05, 0.1) is 11.1 Å². The first-order valence-corrected chi connectivity index (χ1v) is 6.94. The smallest absolute Gasteiger partial charge is 0.264 e. The largest absolute Gasteiger partial charge is 0.482 e. The summed E-state index contributed by atoms with van der Waals surface area (Å²) in [6.07, 6.45) is 1.71. The average Bonchev–Trinajstić information content (AvgIpc) is 3.17. The van der Waals surface area contributed by atoms with E-state index in [9.17, 15) is 5.11 Å². The van der Waals surface area contributed by atoms with Crippen LogP contribution in [0.15, 0.2) is 22.7 Å². The molecule has 1 heterocycles. The average molecular weight is 295 g/mol. The predicted octanol–water partition coefficient (Wildman–Crippen LogP) is 3.23. The standard InChI is InChI=1S/C14H15ClN2O3/c1-8(18)10-4-5-12(11(15)6-10)19-7-13-16-14(17-20-13)9-2-3-9/h4-6,8-9,18H,2-3,7H2,1H3/t8-/m0/s1. The maximum atomic E-state index is 9.47. The number of benzene rings is 1. The second kappa shape index (κ2) is 5.42. The molecule has 1 aromatic carbocycles. The highest BCUT2D eigenvalue weighted by Gasteiger charge is 2.28. The minimum atomic E-state index is -0.557. The van der Waals surface area contributed by atoms with E-state index in [-0.39, 0.29) is 6.61 Å². The van der Waals surface area contributed by atoms with Gasteiger partial charge < -0.3 is 14.4 Å². The molecule has 0 radical (unpaired) electrons. The topological polar surface area (TPSA) is 68.4 Å². The van der Waals surface area contributed by atoms with Crippen LogP contribution in [0.3, 0.4) is 0 Å². The van der Waals surface area contributed by atoms with Gasteiger partial charge in [-0.25, -0.2) is 0 Å². The molecule has 1 aliphatic carbocycles. The highest BCUT2D eigenvalue weighted by atomic mass is 35.5. The molecular weight excluding hydrogens is 280 g/mol. The molecule has 1 N–H and O–H groups in total. The normalized spacial score (nSPS) is 16.1. The Hall–Kier alpha value is -1.59. The van der Waals surface area contributed by atoms with E-state index in [1.54, 1.807) is 25.1 Å². The number of hydrogen-bond acceptors (Lipinski definition) is 5. The summed E-state index contributed by atoms with van der Waals surface area (Å²) in [4.78, 5) is 4.28. The lowest BCUT2D eigenvalue weighted by Crippen LogP contribution is -1.98. The number of hydrogen-bond donors (Lipinski definition) is 1. The summed E-state index contributed by atoms with van der Waals surface area (Å²) in [7, 11) is 0. The summed E-state index contributed by atoms with van der Waals surface area (Å²) in [5.41, 5.74) is 0.746. The number of rotatable bonds is 5. The van der Waals surface area contributed by atoms with Crippen molar-refractivity contribution in [3.63, 3.8) is 0 Å². The summed E-state index contributed by atoms with van der Waals surface area (Å²) in [5, 5.41) is 13.8. The van der Waals surface area contributed by atoms with E-state index in [4.69, 9.17) is 20.9 Å². The highest BCUT2D eigenvalue weighted by molar-refractivity contribution is 6.32. The molecular formula is C14H15ClN2O3. The van der Waals surface area contributed by atoms with Gasteiger partial charge in [0.25, 0.3) is 5.89 Å². The van der Waals surface area contributed by atoms with Gasteiger partial charge in [0.2, 0.25) is 0 Å². The van der Waals surface area contributed by atoms with E-state index < -0.39 is 6.10 Å². The van der Waals surface area contributed by atoms with Crippen molar-refractivity contribution in [1.82, 2.24) is 10.1 Å². The number of aromatic nitrogens is 2. The Labute approximate surface area is 121 Å². The zero-order valence-corrected chi connectivity index (χ0v) is 11.8. The van der Waals surface area contributed by atoms with Gasteiger partial charge in [0.1, 0.15) is 5.75 Å². The molecule has 1 aromatic heterocycles. The molecule has 6 heteroatoms. The Balaban J connectivity index is 1.65. The third-order valence-electron chi connectivity index (χ3n) is 3.22. The maximum absolute atomic E-state index is 9.47. The quantitative estimate of drug-likeness (QED) is 0.917. The fourth-order valence-corrected chi connectivity index (χ4v) is 2.11. The third kappa shape index (κ3) is 2.94. The summed E-state index contributed by atoms with van der Waals surface area (Å²) in [6, 6.07) is 5.18. The van der Waals surface area contributed by atoms with Crippen molar-refractivity contribution in [2.24, 2.45) is 0 Å². The van der Waals surface area contributed by atoms with E-state index in [0.717, 1.165) is 24.2 Å². The summed E-state index contributed by atoms with van der Waals surface area (Å²) < 4.78 is 10.7. The van der Waals surface area contributed by atoms with Gasteiger partial charge in [0.15, 0.2) is 12.4 Å². The molecule has 0 spiro atoms. The van der Waals surface area contributed by atoms with Crippen LogP contribution in [-0.4, -0.2) is 15.2 Å². The number of aliphatic hydroxyl groups excluding tert-OH is 1. The molecule has 2 aromatic rings. The van der Waals surface area contributed by atoms with E-state index in [0.29, 0.717) is 22.6 Å². The molecule has 20 heavy (non-hydrogen) atoms. The molecule has 0 bridgehead atoms. The molecule has 1 atom stereocenters. The molecule has 3 rings (SSSR count). The monoisotopic (exact) mass is 294 g/mol. The molecule has 5 nitrogen and oxygen atoms in total. The van der Waals surface area contributed by atoms with Gasteiger partial charge in [-0.05, 0) is 37.5 Å². The molecule has 0 saturated heterocycles. The molecule has 0 aliphatic heterocycles. The Morgan fingerprint density at radius 3 is 2.95 bits per heavy atom. The molecule has 1 saturated carbocycles. The lowest BCUT2D eigenvalue weighted by atomic mass is 10.1. The second-order valence-corrected chi connectivity index (χ2v) is 5.38. The van der Waals surface area contributed by atoms with Crippen molar-refractivity contribution < 1.29 is 14.4 Å². The van der Waals surface area contributed by atoms with Crippen LogP contribution in [0.2, 0.25) is 5.02 Å². The van der Waals surface area contributed by atoms with Crippen molar-refractivity contribution in [1.29, 1.82) is 0 Å². The van der Waals surface area contributed by atoms with Gasteiger partial charge in [-0.1, -0.05) is 22.8 Å². The molecule has 106 valence electrons. The van der Waals surface area contributed by atoms with Gasteiger partial charge in [0, 0.05) is 5.92 Å². The van der Waals surface area contributed by atoms with Crippen LogP contribution < -0.4 is 4.74 Å². The van der Waals surface area contributed by atoms with Gasteiger partial charge in [-0.3, -0.25) is 0 Å². The Morgan fingerprint density at radius 2 is 2.30 bits per heavy atom. The zero-order valence-electron chi connectivity index (χ0n) is 11.0. The Bertz CT molecular complexity index is 608. The number of nitrogens with zero attached hydrogens (tertiary/aromatic N) is 2. The van der Waals surface area contributed by atoms with Gasteiger partial charge in [-0.2, -0.15) is 4.98 Å². The van der Waals surface area contributed by atoms with Crippen LogP contribution in [0.4, 0.5) is 0 Å². The second-order valence-electron chi connectivity index (χ2n) is 4.98. The Morgan fingerprint density at radius 1 is 1.50 bits per heavy atom. The Kier molecular flexibility index (Phi) is 3.63. The fourth-order valence-electron chi connectivity index (χ4n) is 1.87. The van der Waals surface area contributed by atoms with Crippen LogP contribution in [-0.2, 0) is 6.61 Å². The van der Waals surface area contributed by atoms with Crippen molar-refractivity contribution >= 4 is 11.6 Å². The minimum absolute atomic E-state index is 0.188. The van der Waals surface area contributed by atoms with E-state index in [1.807, 2.05) is 0 Å². The number of ether oxygens (including phenoxy) is 1. The number of halogens is 1. The van der Waals surface area contributed by atoms with Crippen LogP contribution >= 0.6 is 11.6 Å². The maximum Gasteiger partial charge on any atom is 0.264 e. The van der Waals surface area contributed by atoms with E-state index in [1.165, 1.54) is 0 Å². The lowest BCUT2D eigenvalue weighted by molar-refractivity contribution is 0.199. The minimum Gasteiger partial charge on any atom is -0.482 e.